The smallest absolute Gasteiger partial charge is 0.236 e. The number of carbonyl (C=O) groups is 1. The minimum atomic E-state index is -0.518. The molecule has 2 aromatic carbocycles. The van der Waals surface area contributed by atoms with Gasteiger partial charge in [-0.3, -0.25) is 4.79 Å². The van der Waals surface area contributed by atoms with Gasteiger partial charge < -0.3 is 15.8 Å². The van der Waals surface area contributed by atoms with Crippen molar-refractivity contribution < 1.29 is 9.53 Å². The monoisotopic (exact) mass is 374 g/mol. The highest BCUT2D eigenvalue weighted by atomic mass is 35.5. The van der Waals surface area contributed by atoms with Gasteiger partial charge in [0, 0.05) is 16.6 Å². The minimum Gasteiger partial charge on any atom is -0.457 e. The zero-order valence-corrected chi connectivity index (χ0v) is 14.7. The summed E-state index contributed by atoms with van der Waals surface area (Å²) >= 11 is 11.8. The average Bonchev–Trinajstić information content (AvgIpc) is 2.45. The predicted octanol–water partition coefficient (Wildman–Crippen LogP) is 4.17. The Bertz CT molecular complexity index is 641. The third-order valence-corrected chi connectivity index (χ3v) is 3.31. The van der Waals surface area contributed by atoms with Gasteiger partial charge in [-0.1, -0.05) is 35.3 Å². The zero-order valence-electron chi connectivity index (χ0n) is 12.4. The SMILES string of the molecule is C[C@H](N)C(=O)NCc1ccc(Oc2cc(Cl)cc(Cl)c2)cc1.Cl. The number of rotatable bonds is 5. The maximum absolute atomic E-state index is 11.4. The molecule has 0 unspecified atom stereocenters. The van der Waals surface area contributed by atoms with Gasteiger partial charge in [-0.15, -0.1) is 12.4 Å². The Morgan fingerprint density at radius 1 is 1.13 bits per heavy atom. The average molecular weight is 376 g/mol. The van der Waals surface area contributed by atoms with Crippen LogP contribution in [0.5, 0.6) is 11.5 Å². The van der Waals surface area contributed by atoms with Crippen LogP contribution in [0.3, 0.4) is 0 Å². The molecule has 3 N–H and O–H groups in total. The Kier molecular flexibility index (Phi) is 7.65. The molecule has 4 nitrogen and oxygen atoms in total. The van der Waals surface area contributed by atoms with E-state index in [9.17, 15) is 4.79 Å². The fourth-order valence-electron chi connectivity index (χ4n) is 1.75. The standard InChI is InChI=1S/C16H16Cl2N2O2.ClH/c1-10(19)16(21)20-9-11-2-4-14(5-3-11)22-15-7-12(17)6-13(18)8-15;/h2-8,10H,9,19H2,1H3,(H,20,21);1H/t10-;/m0./s1. The highest BCUT2D eigenvalue weighted by Crippen LogP contribution is 2.28. The van der Waals surface area contributed by atoms with Gasteiger partial charge in [0.15, 0.2) is 0 Å². The summed E-state index contributed by atoms with van der Waals surface area (Å²) in [4.78, 5) is 11.4. The van der Waals surface area contributed by atoms with Crippen LogP contribution in [0.1, 0.15) is 12.5 Å². The van der Waals surface area contributed by atoms with E-state index in [1.54, 1.807) is 25.1 Å². The number of benzene rings is 2. The van der Waals surface area contributed by atoms with Gasteiger partial charge in [0.25, 0.3) is 0 Å². The van der Waals surface area contributed by atoms with Crippen LogP contribution in [0.15, 0.2) is 42.5 Å². The molecule has 0 heterocycles. The summed E-state index contributed by atoms with van der Waals surface area (Å²) in [5.74, 6) is 1.03. The van der Waals surface area contributed by atoms with Crippen molar-refractivity contribution in [2.75, 3.05) is 0 Å². The molecule has 0 spiro atoms. The first-order valence-electron chi connectivity index (χ1n) is 6.70. The van der Waals surface area contributed by atoms with Crippen LogP contribution >= 0.6 is 35.6 Å². The molecule has 7 heteroatoms. The van der Waals surface area contributed by atoms with Crippen molar-refractivity contribution in [3.8, 4) is 11.5 Å². The number of hydrogen-bond donors (Lipinski definition) is 2. The fourth-order valence-corrected chi connectivity index (χ4v) is 2.26. The molecule has 0 fully saturated rings. The van der Waals surface area contributed by atoms with Crippen LogP contribution in [0.2, 0.25) is 10.0 Å². The maximum Gasteiger partial charge on any atom is 0.236 e. The van der Waals surface area contributed by atoms with Gasteiger partial charge in [-0.2, -0.15) is 0 Å². The molecular weight excluding hydrogens is 359 g/mol. The number of ether oxygens (including phenoxy) is 1. The summed E-state index contributed by atoms with van der Waals surface area (Å²) < 4.78 is 5.68. The van der Waals surface area contributed by atoms with Gasteiger partial charge in [-0.25, -0.2) is 0 Å². The van der Waals surface area contributed by atoms with E-state index in [0.29, 0.717) is 28.1 Å². The molecule has 1 atom stereocenters. The molecule has 0 saturated carbocycles. The van der Waals surface area contributed by atoms with E-state index < -0.39 is 6.04 Å². The lowest BCUT2D eigenvalue weighted by molar-refractivity contribution is -0.122. The second kappa shape index (κ2) is 8.99. The van der Waals surface area contributed by atoms with Crippen molar-refractivity contribution in [1.82, 2.24) is 5.32 Å². The van der Waals surface area contributed by atoms with Gasteiger partial charge >= 0.3 is 0 Å². The zero-order chi connectivity index (χ0) is 16.1. The van der Waals surface area contributed by atoms with Crippen LogP contribution < -0.4 is 15.8 Å². The van der Waals surface area contributed by atoms with E-state index in [1.807, 2.05) is 24.3 Å². The van der Waals surface area contributed by atoms with Crippen molar-refractivity contribution in [3.63, 3.8) is 0 Å². The van der Waals surface area contributed by atoms with E-state index >= 15 is 0 Å². The second-order valence-corrected chi connectivity index (χ2v) is 5.73. The highest BCUT2D eigenvalue weighted by molar-refractivity contribution is 6.34. The van der Waals surface area contributed by atoms with Gasteiger partial charge in [-0.05, 0) is 42.8 Å². The maximum atomic E-state index is 11.4. The predicted molar refractivity (Wildman–Crippen MR) is 95.7 cm³/mol. The molecule has 0 aromatic heterocycles. The first kappa shape index (κ1) is 19.6. The largest absolute Gasteiger partial charge is 0.457 e. The number of nitrogens with two attached hydrogens (primary N) is 1. The lowest BCUT2D eigenvalue weighted by atomic mass is 10.2. The third-order valence-electron chi connectivity index (χ3n) is 2.88. The van der Waals surface area contributed by atoms with E-state index in [1.165, 1.54) is 0 Å². The molecule has 0 bridgehead atoms. The molecule has 2 aromatic rings. The molecule has 2 rings (SSSR count). The highest BCUT2D eigenvalue weighted by Gasteiger charge is 2.06. The molecule has 0 aliphatic heterocycles. The number of nitrogens with one attached hydrogen (secondary N) is 1. The van der Waals surface area contributed by atoms with E-state index in [2.05, 4.69) is 5.32 Å². The topological polar surface area (TPSA) is 64.4 Å². The van der Waals surface area contributed by atoms with Crippen molar-refractivity contribution in [3.05, 3.63) is 58.1 Å². The van der Waals surface area contributed by atoms with Crippen LogP contribution in [0, 0.1) is 0 Å². The Hall–Kier alpha value is -1.46. The van der Waals surface area contributed by atoms with Gasteiger partial charge in [0.1, 0.15) is 11.5 Å². The summed E-state index contributed by atoms with van der Waals surface area (Å²) in [7, 11) is 0. The van der Waals surface area contributed by atoms with Gasteiger partial charge in [0.2, 0.25) is 5.91 Å². The fraction of sp³-hybridized carbons (Fsp3) is 0.188. The Labute approximate surface area is 151 Å². The summed E-state index contributed by atoms with van der Waals surface area (Å²) in [6, 6.07) is 11.8. The van der Waals surface area contributed by atoms with E-state index in [0.717, 1.165) is 5.56 Å². The third kappa shape index (κ3) is 6.28. The molecule has 1 amide bonds. The van der Waals surface area contributed by atoms with E-state index in [-0.39, 0.29) is 18.3 Å². The molecule has 0 aliphatic rings. The summed E-state index contributed by atoms with van der Waals surface area (Å²) in [6.45, 7) is 2.06. The van der Waals surface area contributed by atoms with Crippen LogP contribution in [-0.2, 0) is 11.3 Å². The normalized spacial score (nSPS) is 11.3. The molecule has 0 radical (unpaired) electrons. The Morgan fingerprint density at radius 3 is 2.22 bits per heavy atom. The Morgan fingerprint density at radius 2 is 1.70 bits per heavy atom. The van der Waals surface area contributed by atoms with Crippen molar-refractivity contribution in [2.24, 2.45) is 5.73 Å². The van der Waals surface area contributed by atoms with Crippen molar-refractivity contribution >= 4 is 41.5 Å². The minimum absolute atomic E-state index is 0. The van der Waals surface area contributed by atoms with Crippen molar-refractivity contribution in [1.29, 1.82) is 0 Å². The Balaban J connectivity index is 0.00000264. The molecule has 0 saturated heterocycles. The lowest BCUT2D eigenvalue weighted by Gasteiger charge is -2.09. The summed E-state index contributed by atoms with van der Waals surface area (Å²) in [5, 5.41) is 3.77. The molecule has 124 valence electrons. The number of amides is 1. The van der Waals surface area contributed by atoms with Crippen LogP contribution in [-0.4, -0.2) is 11.9 Å². The lowest BCUT2D eigenvalue weighted by Crippen LogP contribution is -2.37. The quantitative estimate of drug-likeness (QED) is 0.824. The number of hydrogen-bond acceptors (Lipinski definition) is 3. The van der Waals surface area contributed by atoms with Crippen molar-refractivity contribution in [2.45, 2.75) is 19.5 Å². The molecule has 0 aliphatic carbocycles. The van der Waals surface area contributed by atoms with Crippen LogP contribution in [0.25, 0.3) is 0 Å². The summed E-state index contributed by atoms with van der Waals surface area (Å²) in [6.07, 6.45) is 0. The first-order valence-corrected chi connectivity index (χ1v) is 7.46. The number of halogens is 3. The second-order valence-electron chi connectivity index (χ2n) is 4.86. The van der Waals surface area contributed by atoms with E-state index in [4.69, 9.17) is 33.7 Å². The summed E-state index contributed by atoms with van der Waals surface area (Å²) in [5.41, 5.74) is 6.43. The van der Waals surface area contributed by atoms with Gasteiger partial charge in [0.05, 0.1) is 6.04 Å². The van der Waals surface area contributed by atoms with Crippen LogP contribution in [0.4, 0.5) is 0 Å². The molecular formula is C16H17Cl3N2O2. The number of carbonyl (C=O) groups excluding carboxylic acids is 1. The first-order chi connectivity index (χ1) is 10.4. The molecule has 23 heavy (non-hydrogen) atoms.